The Labute approximate surface area is 162 Å². The molecular weight excluding hydrogens is 370 g/mol. The number of anilines is 1. The van der Waals surface area contributed by atoms with Gasteiger partial charge in [0.15, 0.2) is 0 Å². The van der Waals surface area contributed by atoms with E-state index in [-0.39, 0.29) is 11.6 Å². The molecular formula is C19H20ClN3O4. The highest BCUT2D eigenvalue weighted by molar-refractivity contribution is 6.31. The normalized spacial score (nSPS) is 14.0. The van der Waals surface area contributed by atoms with E-state index < -0.39 is 5.91 Å². The molecule has 1 aromatic heterocycles. The first-order valence-electron chi connectivity index (χ1n) is 8.48. The van der Waals surface area contributed by atoms with Gasteiger partial charge >= 0.3 is 0 Å². The maximum absolute atomic E-state index is 12.6. The van der Waals surface area contributed by atoms with Gasteiger partial charge in [-0.05, 0) is 30.7 Å². The lowest BCUT2D eigenvalue weighted by Crippen LogP contribution is -2.40. The van der Waals surface area contributed by atoms with Crippen LogP contribution in [-0.4, -0.2) is 55.1 Å². The fourth-order valence-corrected chi connectivity index (χ4v) is 2.91. The van der Waals surface area contributed by atoms with E-state index in [0.717, 1.165) is 5.56 Å². The van der Waals surface area contributed by atoms with Crippen molar-refractivity contribution >= 4 is 29.1 Å². The van der Waals surface area contributed by atoms with Crippen LogP contribution in [0.25, 0.3) is 0 Å². The summed E-state index contributed by atoms with van der Waals surface area (Å²) in [5, 5.41) is 3.30. The summed E-state index contributed by atoms with van der Waals surface area (Å²) in [7, 11) is 1.50. The second-order valence-electron chi connectivity index (χ2n) is 6.09. The zero-order valence-corrected chi connectivity index (χ0v) is 15.9. The third-order valence-corrected chi connectivity index (χ3v) is 4.67. The van der Waals surface area contributed by atoms with Gasteiger partial charge in [0.05, 0.1) is 26.0 Å². The van der Waals surface area contributed by atoms with E-state index in [4.69, 9.17) is 21.1 Å². The van der Waals surface area contributed by atoms with Gasteiger partial charge in [0, 0.05) is 35.9 Å². The fourth-order valence-electron chi connectivity index (χ4n) is 2.75. The van der Waals surface area contributed by atoms with Crippen LogP contribution in [0, 0.1) is 6.92 Å². The van der Waals surface area contributed by atoms with Crippen molar-refractivity contribution in [2.24, 2.45) is 0 Å². The monoisotopic (exact) mass is 389 g/mol. The third kappa shape index (κ3) is 4.37. The molecule has 3 rings (SSSR count). The van der Waals surface area contributed by atoms with Gasteiger partial charge in [-0.25, -0.2) is 0 Å². The van der Waals surface area contributed by atoms with Crippen LogP contribution in [0.5, 0.6) is 5.75 Å². The van der Waals surface area contributed by atoms with E-state index in [9.17, 15) is 9.59 Å². The second-order valence-corrected chi connectivity index (χ2v) is 6.50. The highest BCUT2D eigenvalue weighted by atomic mass is 35.5. The maximum atomic E-state index is 12.6. The number of halogens is 1. The summed E-state index contributed by atoms with van der Waals surface area (Å²) in [6.07, 6.45) is 1.45. The number of aryl methyl sites for hydroxylation is 1. The number of benzene rings is 1. The largest absolute Gasteiger partial charge is 0.495 e. The summed E-state index contributed by atoms with van der Waals surface area (Å²) in [5.74, 6) is -0.138. The third-order valence-electron chi connectivity index (χ3n) is 4.27. The van der Waals surface area contributed by atoms with Crippen molar-refractivity contribution in [2.45, 2.75) is 6.92 Å². The molecule has 0 bridgehead atoms. The predicted molar refractivity (Wildman–Crippen MR) is 102 cm³/mol. The number of hydrogen-bond acceptors (Lipinski definition) is 5. The van der Waals surface area contributed by atoms with Crippen molar-refractivity contribution in [3.8, 4) is 5.75 Å². The van der Waals surface area contributed by atoms with Gasteiger partial charge in [-0.1, -0.05) is 11.6 Å². The van der Waals surface area contributed by atoms with Crippen LogP contribution in [0.15, 0.2) is 30.5 Å². The molecule has 1 aromatic carbocycles. The number of carbonyl (C=O) groups is 2. The molecule has 0 spiro atoms. The van der Waals surface area contributed by atoms with Crippen LogP contribution in [0.4, 0.5) is 5.69 Å². The first-order valence-corrected chi connectivity index (χ1v) is 8.86. The van der Waals surface area contributed by atoms with Gasteiger partial charge in [0.25, 0.3) is 11.8 Å². The maximum Gasteiger partial charge on any atom is 0.274 e. The molecule has 1 saturated heterocycles. The molecule has 1 aliphatic rings. The number of rotatable bonds is 4. The van der Waals surface area contributed by atoms with Crippen LogP contribution >= 0.6 is 11.6 Å². The van der Waals surface area contributed by atoms with Crippen LogP contribution < -0.4 is 10.1 Å². The van der Waals surface area contributed by atoms with Gasteiger partial charge in [-0.3, -0.25) is 14.6 Å². The van der Waals surface area contributed by atoms with E-state index in [1.165, 1.54) is 19.4 Å². The lowest BCUT2D eigenvalue weighted by Gasteiger charge is -2.26. The SMILES string of the molecule is COc1cc(Cl)c(C)cc1NC(=O)c1cc(C(=O)N2CCOCC2)ccn1. The zero-order valence-electron chi connectivity index (χ0n) is 15.1. The predicted octanol–water partition coefficient (Wildman–Crippen LogP) is 2.78. The van der Waals surface area contributed by atoms with Crippen molar-refractivity contribution in [3.05, 3.63) is 52.3 Å². The standard InChI is InChI=1S/C19H20ClN3O4/c1-12-9-15(17(26-2)11-14(12)20)22-18(24)16-10-13(3-4-21-16)19(25)23-5-7-27-8-6-23/h3-4,9-11H,5-8H2,1-2H3,(H,22,24). The molecule has 0 atom stereocenters. The Balaban J connectivity index is 1.80. The molecule has 0 saturated carbocycles. The lowest BCUT2D eigenvalue weighted by molar-refractivity contribution is 0.0303. The molecule has 142 valence electrons. The Morgan fingerprint density at radius 2 is 2.00 bits per heavy atom. The van der Waals surface area contributed by atoms with Gasteiger partial charge in [0.1, 0.15) is 11.4 Å². The highest BCUT2D eigenvalue weighted by Crippen LogP contribution is 2.31. The van der Waals surface area contributed by atoms with Crippen LogP contribution in [0.3, 0.4) is 0 Å². The van der Waals surface area contributed by atoms with Crippen LogP contribution in [0.1, 0.15) is 26.4 Å². The summed E-state index contributed by atoms with van der Waals surface area (Å²) in [6, 6.07) is 6.45. The number of amides is 2. The number of nitrogens with zero attached hydrogens (tertiary/aromatic N) is 2. The molecule has 2 amide bonds. The zero-order chi connectivity index (χ0) is 19.4. The second kappa shape index (κ2) is 8.37. The molecule has 1 fully saturated rings. The average molecular weight is 390 g/mol. The van der Waals surface area contributed by atoms with E-state index >= 15 is 0 Å². The Morgan fingerprint density at radius 1 is 1.26 bits per heavy atom. The Kier molecular flexibility index (Phi) is 5.93. The smallest absolute Gasteiger partial charge is 0.274 e. The summed E-state index contributed by atoms with van der Waals surface area (Å²) in [5.41, 5.74) is 1.84. The van der Waals surface area contributed by atoms with Crippen molar-refractivity contribution in [2.75, 3.05) is 38.7 Å². The number of pyridine rings is 1. The number of nitrogens with one attached hydrogen (secondary N) is 1. The minimum Gasteiger partial charge on any atom is -0.495 e. The number of methoxy groups -OCH3 is 1. The number of carbonyl (C=O) groups excluding carboxylic acids is 2. The molecule has 7 nitrogen and oxygen atoms in total. The van der Waals surface area contributed by atoms with E-state index in [1.54, 1.807) is 23.1 Å². The van der Waals surface area contributed by atoms with E-state index in [2.05, 4.69) is 10.3 Å². The topological polar surface area (TPSA) is 80.8 Å². The molecule has 27 heavy (non-hydrogen) atoms. The average Bonchev–Trinajstić information content (AvgIpc) is 2.70. The van der Waals surface area contributed by atoms with Gasteiger partial charge < -0.3 is 19.7 Å². The molecule has 2 heterocycles. The molecule has 1 aliphatic heterocycles. The molecule has 2 aromatic rings. The summed E-state index contributed by atoms with van der Waals surface area (Å²) >= 11 is 6.09. The Bertz CT molecular complexity index is 866. The molecule has 0 aliphatic carbocycles. The number of aromatic nitrogens is 1. The Hall–Kier alpha value is -2.64. The van der Waals surface area contributed by atoms with Crippen molar-refractivity contribution in [1.82, 2.24) is 9.88 Å². The molecule has 1 N–H and O–H groups in total. The first kappa shape index (κ1) is 19.1. The van der Waals surface area contributed by atoms with Crippen molar-refractivity contribution in [1.29, 1.82) is 0 Å². The number of morpholine rings is 1. The lowest BCUT2D eigenvalue weighted by atomic mass is 10.1. The minimum atomic E-state index is -0.438. The fraction of sp³-hybridized carbons (Fsp3) is 0.316. The van der Waals surface area contributed by atoms with Gasteiger partial charge in [0.2, 0.25) is 0 Å². The highest BCUT2D eigenvalue weighted by Gasteiger charge is 2.20. The number of hydrogen-bond donors (Lipinski definition) is 1. The van der Waals surface area contributed by atoms with Crippen molar-refractivity contribution < 1.29 is 19.1 Å². The Morgan fingerprint density at radius 3 is 2.70 bits per heavy atom. The van der Waals surface area contributed by atoms with E-state index in [0.29, 0.717) is 48.3 Å². The summed E-state index contributed by atoms with van der Waals surface area (Å²) in [6.45, 7) is 3.92. The van der Waals surface area contributed by atoms with Crippen LogP contribution in [0.2, 0.25) is 5.02 Å². The molecule has 0 unspecified atom stereocenters. The molecule has 8 heteroatoms. The van der Waals surface area contributed by atoms with Crippen LogP contribution in [-0.2, 0) is 4.74 Å². The summed E-state index contributed by atoms with van der Waals surface area (Å²) < 4.78 is 10.5. The van der Waals surface area contributed by atoms with E-state index in [1.807, 2.05) is 6.92 Å². The van der Waals surface area contributed by atoms with Gasteiger partial charge in [-0.2, -0.15) is 0 Å². The molecule has 0 radical (unpaired) electrons. The minimum absolute atomic E-state index is 0.142. The van der Waals surface area contributed by atoms with Crippen molar-refractivity contribution in [3.63, 3.8) is 0 Å². The number of ether oxygens (including phenoxy) is 2. The summed E-state index contributed by atoms with van der Waals surface area (Å²) in [4.78, 5) is 31.0. The van der Waals surface area contributed by atoms with Gasteiger partial charge in [-0.15, -0.1) is 0 Å². The quantitative estimate of drug-likeness (QED) is 0.869. The first-order chi connectivity index (χ1) is 13.0.